The summed E-state index contributed by atoms with van der Waals surface area (Å²) in [7, 11) is 3.20. The molecule has 0 radical (unpaired) electrons. The molecule has 1 aromatic heterocycles. The van der Waals surface area contributed by atoms with Crippen molar-refractivity contribution >= 4 is 23.4 Å². The van der Waals surface area contributed by atoms with Crippen molar-refractivity contribution in [1.29, 1.82) is 5.26 Å². The SMILES string of the molecule is CN1C(=O)N(c2cccc(C(F)(F)F)c2)C2=C(C(=O)CC2)C1c1ccc(C#N)cc1C(=O)NCc1nccn1C. The number of aromatic nitrogens is 2. The number of Topliss-reactive ketones (excluding diaryl/α,β-unsaturated/α-hetero) is 1. The van der Waals surface area contributed by atoms with Gasteiger partial charge in [0.15, 0.2) is 5.78 Å². The predicted octanol–water partition coefficient (Wildman–Crippen LogP) is 4.47. The van der Waals surface area contributed by atoms with Gasteiger partial charge in [0.1, 0.15) is 5.82 Å². The number of amides is 3. The highest BCUT2D eigenvalue weighted by Gasteiger charge is 2.45. The number of aryl methyl sites for hydroxylation is 1. The van der Waals surface area contributed by atoms with Gasteiger partial charge < -0.3 is 14.8 Å². The molecule has 2 aromatic carbocycles. The van der Waals surface area contributed by atoms with Gasteiger partial charge in [-0.1, -0.05) is 12.1 Å². The number of carbonyl (C=O) groups is 3. The first kappa shape index (κ1) is 26.7. The number of alkyl halides is 3. The number of carbonyl (C=O) groups excluding carboxylic acids is 3. The Morgan fingerprint density at radius 1 is 1.15 bits per heavy atom. The summed E-state index contributed by atoms with van der Waals surface area (Å²) in [5.41, 5.74) is 0.195. The molecule has 1 unspecified atom stereocenters. The van der Waals surface area contributed by atoms with Crippen LogP contribution in [-0.2, 0) is 24.6 Å². The standard InChI is InChI=1S/C28H23F3N6O3/c1-35-11-10-33-23(35)15-34-26(39)20-12-16(14-32)6-7-19(20)25-24-21(8-9-22(24)38)37(27(40)36(25)2)18-5-3-4-17(13-18)28(29,30)31/h3-7,10-13,25H,8-9,15H2,1-2H3,(H,34,39). The lowest BCUT2D eigenvalue weighted by atomic mass is 9.89. The summed E-state index contributed by atoms with van der Waals surface area (Å²) < 4.78 is 42.0. The van der Waals surface area contributed by atoms with E-state index in [-0.39, 0.29) is 47.6 Å². The van der Waals surface area contributed by atoms with E-state index >= 15 is 0 Å². The van der Waals surface area contributed by atoms with Gasteiger partial charge in [-0.3, -0.25) is 14.5 Å². The van der Waals surface area contributed by atoms with E-state index in [1.54, 1.807) is 24.0 Å². The molecule has 0 spiro atoms. The molecule has 2 heterocycles. The smallest absolute Gasteiger partial charge is 0.345 e. The molecule has 3 amide bonds. The van der Waals surface area contributed by atoms with Crippen LogP contribution in [0.15, 0.2) is 66.1 Å². The summed E-state index contributed by atoms with van der Waals surface area (Å²) in [5, 5.41) is 12.3. The minimum Gasteiger partial charge on any atom is -0.345 e. The molecular weight excluding hydrogens is 525 g/mol. The minimum atomic E-state index is -4.62. The van der Waals surface area contributed by atoms with Gasteiger partial charge >= 0.3 is 12.2 Å². The van der Waals surface area contributed by atoms with E-state index in [2.05, 4.69) is 10.3 Å². The fourth-order valence-electron chi connectivity index (χ4n) is 5.12. The van der Waals surface area contributed by atoms with Gasteiger partial charge in [0.05, 0.1) is 35.5 Å². The van der Waals surface area contributed by atoms with Crippen LogP contribution in [0.25, 0.3) is 0 Å². The van der Waals surface area contributed by atoms with Gasteiger partial charge in [-0.15, -0.1) is 0 Å². The third kappa shape index (κ3) is 4.59. The number of hydrogen-bond acceptors (Lipinski definition) is 5. The van der Waals surface area contributed by atoms with E-state index in [4.69, 9.17) is 0 Å². The molecule has 5 rings (SSSR count). The number of imidazole rings is 1. The van der Waals surface area contributed by atoms with Crippen LogP contribution in [0.3, 0.4) is 0 Å². The molecule has 1 aliphatic heterocycles. The molecule has 0 bridgehead atoms. The van der Waals surface area contributed by atoms with Crippen LogP contribution in [0.5, 0.6) is 0 Å². The summed E-state index contributed by atoms with van der Waals surface area (Å²) in [6.07, 6.45) is -1.10. The van der Waals surface area contributed by atoms with Crippen LogP contribution in [0, 0.1) is 11.3 Å². The molecule has 3 aromatic rings. The number of nitrogens with zero attached hydrogens (tertiary/aromatic N) is 5. The van der Waals surface area contributed by atoms with E-state index in [1.807, 2.05) is 6.07 Å². The highest BCUT2D eigenvalue weighted by atomic mass is 19.4. The Morgan fingerprint density at radius 2 is 1.93 bits per heavy atom. The van der Waals surface area contributed by atoms with Crippen LogP contribution >= 0.6 is 0 Å². The second-order valence-corrected chi connectivity index (χ2v) is 9.51. The predicted molar refractivity (Wildman–Crippen MR) is 137 cm³/mol. The second kappa shape index (κ2) is 10.00. The summed E-state index contributed by atoms with van der Waals surface area (Å²) >= 11 is 0. The van der Waals surface area contributed by atoms with Gasteiger partial charge in [-0.2, -0.15) is 18.4 Å². The second-order valence-electron chi connectivity index (χ2n) is 9.51. The first-order valence-electron chi connectivity index (χ1n) is 12.3. The zero-order valence-corrected chi connectivity index (χ0v) is 21.5. The maximum absolute atomic E-state index is 13.7. The highest BCUT2D eigenvalue weighted by molar-refractivity contribution is 6.09. The van der Waals surface area contributed by atoms with Crippen molar-refractivity contribution in [1.82, 2.24) is 19.8 Å². The normalized spacial score (nSPS) is 17.2. The molecule has 1 N–H and O–H groups in total. The van der Waals surface area contributed by atoms with Crippen LogP contribution in [0.1, 0.15) is 51.8 Å². The minimum absolute atomic E-state index is 0.0137. The lowest BCUT2D eigenvalue weighted by Crippen LogP contribution is -2.48. The molecule has 2 aliphatic rings. The molecule has 12 heteroatoms. The number of nitriles is 1. The molecule has 0 fully saturated rings. The molecule has 1 aliphatic carbocycles. The van der Waals surface area contributed by atoms with Crippen LogP contribution in [0.2, 0.25) is 0 Å². The molecule has 40 heavy (non-hydrogen) atoms. The molecule has 204 valence electrons. The number of hydrogen-bond donors (Lipinski definition) is 1. The van der Waals surface area contributed by atoms with Crippen molar-refractivity contribution in [3.8, 4) is 6.07 Å². The number of halogens is 3. The quantitative estimate of drug-likeness (QED) is 0.506. The van der Waals surface area contributed by atoms with Crippen molar-refractivity contribution in [3.63, 3.8) is 0 Å². The Bertz CT molecular complexity index is 1620. The van der Waals surface area contributed by atoms with Crippen molar-refractivity contribution in [3.05, 3.63) is 94.2 Å². The monoisotopic (exact) mass is 548 g/mol. The van der Waals surface area contributed by atoms with Crippen molar-refractivity contribution in [2.75, 3.05) is 11.9 Å². The summed E-state index contributed by atoms with van der Waals surface area (Å²) in [6, 6.07) is 9.13. The van der Waals surface area contributed by atoms with Crippen LogP contribution < -0.4 is 10.2 Å². The third-order valence-electron chi connectivity index (χ3n) is 7.11. The van der Waals surface area contributed by atoms with Crippen molar-refractivity contribution in [2.45, 2.75) is 31.6 Å². The first-order valence-corrected chi connectivity index (χ1v) is 12.3. The zero-order chi connectivity index (χ0) is 28.8. The van der Waals surface area contributed by atoms with Crippen molar-refractivity contribution in [2.24, 2.45) is 7.05 Å². The maximum atomic E-state index is 13.7. The topological polar surface area (TPSA) is 111 Å². The molecule has 9 nitrogen and oxygen atoms in total. The largest absolute Gasteiger partial charge is 0.416 e. The lowest BCUT2D eigenvalue weighted by Gasteiger charge is -2.41. The molecule has 0 saturated carbocycles. The molecular formula is C28H23F3N6O3. The number of benzene rings is 2. The van der Waals surface area contributed by atoms with Crippen molar-refractivity contribution < 1.29 is 27.6 Å². The van der Waals surface area contributed by atoms with Gasteiger partial charge in [0, 0.05) is 49.7 Å². The number of nitrogens with one attached hydrogen (secondary N) is 1. The molecule has 0 saturated heterocycles. The fraction of sp³-hybridized carbons (Fsp3) is 0.250. The third-order valence-corrected chi connectivity index (χ3v) is 7.11. The summed E-state index contributed by atoms with van der Waals surface area (Å²) in [5.74, 6) is -0.229. The van der Waals surface area contributed by atoms with E-state index in [9.17, 15) is 32.8 Å². The van der Waals surface area contributed by atoms with Gasteiger partial charge in [-0.05, 0) is 42.3 Å². The van der Waals surface area contributed by atoms with Gasteiger partial charge in [0.2, 0.25) is 0 Å². The lowest BCUT2D eigenvalue weighted by molar-refractivity contribution is -0.137. The highest BCUT2D eigenvalue weighted by Crippen LogP contribution is 2.45. The van der Waals surface area contributed by atoms with Gasteiger partial charge in [-0.25, -0.2) is 9.78 Å². The number of urea groups is 1. The number of ketones is 1. The Hall–Kier alpha value is -4.92. The summed E-state index contributed by atoms with van der Waals surface area (Å²) in [4.78, 5) is 46.8. The average molecular weight is 549 g/mol. The Kier molecular flexibility index (Phi) is 6.67. The summed E-state index contributed by atoms with van der Waals surface area (Å²) in [6.45, 7) is 0.0915. The molecule has 1 atom stereocenters. The Morgan fingerprint density at radius 3 is 2.60 bits per heavy atom. The number of allylic oxidation sites excluding steroid dienone is 1. The number of rotatable bonds is 5. The van der Waals surface area contributed by atoms with Gasteiger partial charge in [0.25, 0.3) is 5.91 Å². The Balaban J connectivity index is 1.60. The first-order chi connectivity index (χ1) is 19.0. The zero-order valence-electron chi connectivity index (χ0n) is 21.5. The van der Waals surface area contributed by atoms with Crippen LogP contribution in [-0.4, -0.2) is 39.2 Å². The van der Waals surface area contributed by atoms with E-state index in [1.165, 1.54) is 42.3 Å². The van der Waals surface area contributed by atoms with E-state index < -0.39 is 29.7 Å². The Labute approximate surface area is 227 Å². The average Bonchev–Trinajstić information content (AvgIpc) is 3.52. The number of anilines is 1. The van der Waals surface area contributed by atoms with E-state index in [0.717, 1.165) is 17.0 Å². The maximum Gasteiger partial charge on any atom is 0.416 e. The van der Waals surface area contributed by atoms with Crippen LogP contribution in [0.4, 0.5) is 23.7 Å². The van der Waals surface area contributed by atoms with E-state index in [0.29, 0.717) is 17.1 Å². The number of likely N-dealkylation sites (N-methyl/N-ethyl adjacent to an activating group) is 1. The fourth-order valence-corrected chi connectivity index (χ4v) is 5.12.